The van der Waals surface area contributed by atoms with Crippen molar-refractivity contribution in [1.82, 2.24) is 0 Å². The predicted molar refractivity (Wildman–Crippen MR) is 79.5 cm³/mol. The van der Waals surface area contributed by atoms with Crippen molar-refractivity contribution in [2.45, 2.75) is 0 Å². The van der Waals surface area contributed by atoms with Gasteiger partial charge >= 0.3 is 0 Å². The molecule has 0 nitrogen and oxygen atoms in total. The van der Waals surface area contributed by atoms with Gasteiger partial charge in [0.1, 0.15) is 0 Å². The quantitative estimate of drug-likeness (QED) is 0.317. The van der Waals surface area contributed by atoms with Crippen molar-refractivity contribution in [3.05, 3.63) is 54.6 Å². The van der Waals surface area contributed by atoms with E-state index in [9.17, 15) is 0 Å². The van der Waals surface area contributed by atoms with E-state index in [1.54, 1.807) is 0 Å². The van der Waals surface area contributed by atoms with Crippen LogP contribution in [-0.2, 0) is 0 Å². The molecule has 0 N–H and O–H groups in total. The lowest BCUT2D eigenvalue weighted by Gasteiger charge is -2.11. The molecule has 0 heterocycles. The molecule has 0 bridgehead atoms. The molecule has 1 atom stereocenters. The summed E-state index contributed by atoms with van der Waals surface area (Å²) in [5.74, 6) is 0. The van der Waals surface area contributed by atoms with Crippen LogP contribution in [0.3, 0.4) is 0 Å². The van der Waals surface area contributed by atoms with E-state index in [2.05, 4.69) is 63.8 Å². The van der Waals surface area contributed by atoms with Crippen LogP contribution in [0.2, 0.25) is 0 Å². The van der Waals surface area contributed by atoms with Crippen LogP contribution in [0, 0.1) is 0 Å². The van der Waals surface area contributed by atoms with Crippen LogP contribution in [0.25, 0.3) is 32.3 Å². The Labute approximate surface area is 102 Å². The Kier molecular flexibility index (Phi) is 1.76. The molecule has 0 saturated carbocycles. The SMILES string of the molecule is Pc1ccc2ccc3cccc4ccc1c2c34. The molecular weight excluding hydrogens is 223 g/mol. The second-order valence-corrected chi connectivity index (χ2v) is 5.13. The van der Waals surface area contributed by atoms with Gasteiger partial charge in [0.25, 0.3) is 0 Å². The predicted octanol–water partition coefficient (Wildman–Crippen LogP) is 4.08. The second-order valence-electron chi connectivity index (χ2n) is 4.51. The van der Waals surface area contributed by atoms with Gasteiger partial charge in [-0.1, -0.05) is 54.6 Å². The van der Waals surface area contributed by atoms with Gasteiger partial charge in [-0.2, -0.15) is 0 Å². The molecule has 4 aromatic rings. The summed E-state index contributed by atoms with van der Waals surface area (Å²) in [6.45, 7) is 0. The Bertz CT molecular complexity index is 830. The third-order valence-corrected chi connectivity index (χ3v) is 4.07. The van der Waals surface area contributed by atoms with Gasteiger partial charge < -0.3 is 0 Å². The zero-order valence-electron chi connectivity index (χ0n) is 9.27. The van der Waals surface area contributed by atoms with Crippen molar-refractivity contribution in [2.24, 2.45) is 0 Å². The summed E-state index contributed by atoms with van der Waals surface area (Å²) in [5, 5.41) is 9.40. The first-order valence-corrected chi connectivity index (χ1v) is 6.34. The first kappa shape index (κ1) is 9.39. The minimum absolute atomic E-state index is 1.27. The summed E-state index contributed by atoms with van der Waals surface area (Å²) in [6, 6.07) is 19.8. The summed E-state index contributed by atoms with van der Waals surface area (Å²) in [7, 11) is 2.83. The highest BCUT2D eigenvalue weighted by molar-refractivity contribution is 7.28. The third kappa shape index (κ3) is 1.16. The maximum atomic E-state index is 2.83. The first-order chi connectivity index (χ1) is 8.34. The molecular formula is C16H11P. The highest BCUT2D eigenvalue weighted by atomic mass is 31.0. The van der Waals surface area contributed by atoms with E-state index in [4.69, 9.17) is 0 Å². The van der Waals surface area contributed by atoms with E-state index in [1.807, 2.05) is 0 Å². The lowest BCUT2D eigenvalue weighted by Crippen LogP contribution is -1.94. The van der Waals surface area contributed by atoms with E-state index in [1.165, 1.54) is 37.6 Å². The van der Waals surface area contributed by atoms with Gasteiger partial charge in [-0.05, 0) is 37.6 Å². The van der Waals surface area contributed by atoms with Crippen molar-refractivity contribution < 1.29 is 0 Å². The van der Waals surface area contributed by atoms with Crippen LogP contribution in [0.4, 0.5) is 0 Å². The molecule has 0 aliphatic heterocycles. The highest BCUT2D eigenvalue weighted by Gasteiger charge is 2.08. The average Bonchev–Trinajstić information content (AvgIpc) is 2.38. The Morgan fingerprint density at radius 3 is 1.94 bits per heavy atom. The molecule has 0 aliphatic rings. The fraction of sp³-hybridized carbons (Fsp3) is 0. The lowest BCUT2D eigenvalue weighted by atomic mass is 9.94. The summed E-state index contributed by atoms with van der Waals surface area (Å²) in [6.07, 6.45) is 0. The zero-order chi connectivity index (χ0) is 11.4. The average molecular weight is 234 g/mol. The largest absolute Gasteiger partial charge is 0.105 e. The van der Waals surface area contributed by atoms with Gasteiger partial charge in [0.15, 0.2) is 0 Å². The Morgan fingerprint density at radius 2 is 1.18 bits per heavy atom. The summed E-state index contributed by atoms with van der Waals surface area (Å²) in [5.41, 5.74) is 0. The topological polar surface area (TPSA) is 0 Å². The minimum atomic E-state index is 1.27. The van der Waals surface area contributed by atoms with E-state index >= 15 is 0 Å². The zero-order valence-corrected chi connectivity index (χ0v) is 10.4. The van der Waals surface area contributed by atoms with Gasteiger partial charge in [-0.3, -0.25) is 0 Å². The third-order valence-electron chi connectivity index (χ3n) is 3.56. The number of rotatable bonds is 0. The van der Waals surface area contributed by atoms with Gasteiger partial charge in [0.2, 0.25) is 0 Å². The standard InChI is InChI=1S/C16H11P/c17-14-9-7-12-5-4-10-2-1-3-11-6-8-13(14)16(12)15(10)11/h1-9H,17H2. The van der Waals surface area contributed by atoms with Gasteiger partial charge in [-0.15, -0.1) is 9.24 Å². The van der Waals surface area contributed by atoms with E-state index in [0.29, 0.717) is 0 Å². The Morgan fingerprint density at radius 1 is 0.588 bits per heavy atom. The van der Waals surface area contributed by atoms with Crippen molar-refractivity contribution in [3.63, 3.8) is 0 Å². The number of hydrogen-bond acceptors (Lipinski definition) is 0. The van der Waals surface area contributed by atoms with Gasteiger partial charge in [0, 0.05) is 0 Å². The molecule has 4 rings (SSSR count). The van der Waals surface area contributed by atoms with Gasteiger partial charge in [0.05, 0.1) is 0 Å². The Hall–Kier alpha value is -1.65. The van der Waals surface area contributed by atoms with Crippen molar-refractivity contribution >= 4 is 46.9 Å². The van der Waals surface area contributed by atoms with Crippen molar-refractivity contribution in [1.29, 1.82) is 0 Å². The van der Waals surface area contributed by atoms with Crippen LogP contribution < -0.4 is 5.30 Å². The molecule has 80 valence electrons. The maximum Gasteiger partial charge on any atom is -0.00206 e. The van der Waals surface area contributed by atoms with Crippen LogP contribution in [0.1, 0.15) is 0 Å². The van der Waals surface area contributed by atoms with E-state index in [0.717, 1.165) is 0 Å². The molecule has 0 spiro atoms. The Balaban J connectivity index is 2.48. The van der Waals surface area contributed by atoms with Crippen molar-refractivity contribution in [3.8, 4) is 0 Å². The summed E-state index contributed by atoms with van der Waals surface area (Å²) < 4.78 is 0. The molecule has 0 aromatic heterocycles. The molecule has 0 fully saturated rings. The van der Waals surface area contributed by atoms with Crippen LogP contribution in [0.5, 0.6) is 0 Å². The smallest absolute Gasteiger partial charge is 0.00206 e. The number of benzene rings is 4. The normalized spacial score (nSPS) is 11.8. The van der Waals surface area contributed by atoms with Crippen LogP contribution in [0.15, 0.2) is 54.6 Å². The fourth-order valence-corrected chi connectivity index (χ4v) is 3.09. The van der Waals surface area contributed by atoms with E-state index in [-0.39, 0.29) is 0 Å². The number of hydrogen-bond donors (Lipinski definition) is 0. The van der Waals surface area contributed by atoms with E-state index < -0.39 is 0 Å². The molecule has 1 unspecified atom stereocenters. The fourth-order valence-electron chi connectivity index (χ4n) is 2.76. The molecule has 1 heteroatoms. The minimum Gasteiger partial charge on any atom is -0.105 e. The molecule has 0 radical (unpaired) electrons. The maximum absolute atomic E-state index is 2.83. The summed E-state index contributed by atoms with van der Waals surface area (Å²) in [4.78, 5) is 0. The first-order valence-electron chi connectivity index (χ1n) is 5.76. The highest BCUT2D eigenvalue weighted by Crippen LogP contribution is 2.33. The molecule has 17 heavy (non-hydrogen) atoms. The molecule has 0 saturated heterocycles. The summed E-state index contributed by atoms with van der Waals surface area (Å²) >= 11 is 0. The lowest BCUT2D eigenvalue weighted by molar-refractivity contribution is 1.80. The molecule has 4 aromatic carbocycles. The monoisotopic (exact) mass is 234 g/mol. The van der Waals surface area contributed by atoms with Crippen LogP contribution in [-0.4, -0.2) is 0 Å². The molecule has 0 aliphatic carbocycles. The van der Waals surface area contributed by atoms with Gasteiger partial charge in [-0.25, -0.2) is 0 Å². The molecule has 0 amide bonds. The van der Waals surface area contributed by atoms with Crippen LogP contribution >= 0.6 is 9.24 Å². The van der Waals surface area contributed by atoms with Crippen molar-refractivity contribution in [2.75, 3.05) is 0 Å². The second kappa shape index (κ2) is 3.18.